The predicted octanol–water partition coefficient (Wildman–Crippen LogP) is 1.88. The van der Waals surface area contributed by atoms with Gasteiger partial charge in [0.05, 0.1) is 23.0 Å². The molecule has 0 spiro atoms. The smallest absolute Gasteiger partial charge is 0.0792 e. The number of aliphatic hydroxyl groups excluding tert-OH is 1. The zero-order valence-corrected chi connectivity index (χ0v) is 9.24. The monoisotopic (exact) mass is 226 g/mol. The van der Waals surface area contributed by atoms with E-state index in [2.05, 4.69) is 4.90 Å². The highest BCUT2D eigenvalue weighted by Gasteiger charge is 2.30. The average Bonchev–Trinajstić information content (AvgIpc) is 2.99. The summed E-state index contributed by atoms with van der Waals surface area (Å²) < 4.78 is 0. The Morgan fingerprint density at radius 2 is 2.20 bits per heavy atom. The van der Waals surface area contributed by atoms with E-state index in [1.165, 1.54) is 0 Å². The molecule has 15 heavy (non-hydrogen) atoms. The molecule has 3 nitrogen and oxygen atoms in total. The van der Waals surface area contributed by atoms with Gasteiger partial charge in [-0.3, -0.25) is 0 Å². The van der Waals surface area contributed by atoms with E-state index in [9.17, 15) is 0 Å². The van der Waals surface area contributed by atoms with Gasteiger partial charge in [0.1, 0.15) is 0 Å². The van der Waals surface area contributed by atoms with Crippen LogP contribution in [0.1, 0.15) is 12.8 Å². The average molecular weight is 227 g/mol. The quantitative estimate of drug-likeness (QED) is 0.771. The fraction of sp³-hybridized carbons (Fsp3) is 0.455. The van der Waals surface area contributed by atoms with E-state index in [1.807, 2.05) is 18.2 Å². The molecule has 0 aromatic heterocycles. The topological polar surface area (TPSA) is 49.5 Å². The van der Waals surface area contributed by atoms with Crippen LogP contribution in [0.4, 0.5) is 11.4 Å². The number of nitrogen functional groups attached to an aromatic ring is 1. The summed E-state index contributed by atoms with van der Waals surface area (Å²) in [5.74, 6) is 0. The molecule has 2 rings (SSSR count). The van der Waals surface area contributed by atoms with E-state index in [0.717, 1.165) is 18.5 Å². The maximum atomic E-state index is 9.03. The normalized spacial score (nSPS) is 15.3. The third-order valence-corrected chi connectivity index (χ3v) is 2.94. The lowest BCUT2D eigenvalue weighted by molar-refractivity contribution is 0.301. The molecular formula is C11H15ClN2O. The van der Waals surface area contributed by atoms with Gasteiger partial charge < -0.3 is 15.7 Å². The summed E-state index contributed by atoms with van der Waals surface area (Å²) >= 11 is 6.13. The van der Waals surface area contributed by atoms with Gasteiger partial charge in [0.15, 0.2) is 0 Å². The number of para-hydroxylation sites is 1. The van der Waals surface area contributed by atoms with Gasteiger partial charge in [-0.05, 0) is 25.0 Å². The molecule has 0 atom stereocenters. The fourth-order valence-corrected chi connectivity index (χ4v) is 2.10. The lowest BCUT2D eigenvalue weighted by Crippen LogP contribution is -2.29. The van der Waals surface area contributed by atoms with Crippen molar-refractivity contribution in [1.29, 1.82) is 0 Å². The molecule has 1 aliphatic rings. The van der Waals surface area contributed by atoms with Crippen LogP contribution in [-0.4, -0.2) is 24.3 Å². The fourth-order valence-electron chi connectivity index (χ4n) is 1.81. The van der Waals surface area contributed by atoms with Crippen LogP contribution in [0.2, 0.25) is 5.02 Å². The molecule has 4 heteroatoms. The Morgan fingerprint density at radius 1 is 1.47 bits per heavy atom. The number of rotatable bonds is 4. The van der Waals surface area contributed by atoms with Crippen LogP contribution in [-0.2, 0) is 0 Å². The van der Waals surface area contributed by atoms with Crippen molar-refractivity contribution in [3.05, 3.63) is 23.2 Å². The molecule has 0 saturated heterocycles. The third-order valence-electron chi connectivity index (χ3n) is 2.63. The second-order valence-electron chi connectivity index (χ2n) is 3.83. The van der Waals surface area contributed by atoms with Crippen molar-refractivity contribution in [3.8, 4) is 0 Å². The minimum Gasteiger partial charge on any atom is -0.397 e. The van der Waals surface area contributed by atoms with Gasteiger partial charge >= 0.3 is 0 Å². The van der Waals surface area contributed by atoms with Crippen molar-refractivity contribution in [1.82, 2.24) is 0 Å². The number of nitrogens with zero attached hydrogens (tertiary/aromatic N) is 1. The van der Waals surface area contributed by atoms with Gasteiger partial charge in [0, 0.05) is 12.6 Å². The molecule has 0 radical (unpaired) electrons. The first-order valence-corrected chi connectivity index (χ1v) is 5.53. The Hall–Kier alpha value is -0.930. The molecule has 3 N–H and O–H groups in total. The van der Waals surface area contributed by atoms with Crippen LogP contribution < -0.4 is 10.6 Å². The summed E-state index contributed by atoms with van der Waals surface area (Å²) in [6, 6.07) is 6.01. The summed E-state index contributed by atoms with van der Waals surface area (Å²) in [6.45, 7) is 0.722. The minimum atomic E-state index is 0.126. The van der Waals surface area contributed by atoms with Crippen LogP contribution in [0.5, 0.6) is 0 Å². The molecule has 82 valence electrons. The van der Waals surface area contributed by atoms with Crippen LogP contribution in [0.3, 0.4) is 0 Å². The molecule has 1 aromatic carbocycles. The third kappa shape index (κ3) is 2.19. The molecule has 1 saturated carbocycles. The van der Waals surface area contributed by atoms with E-state index in [-0.39, 0.29) is 6.61 Å². The molecule has 0 amide bonds. The number of nitrogens with two attached hydrogens (primary N) is 1. The lowest BCUT2D eigenvalue weighted by atomic mass is 10.2. The van der Waals surface area contributed by atoms with Crippen LogP contribution in [0, 0.1) is 0 Å². The number of aliphatic hydroxyl groups is 1. The van der Waals surface area contributed by atoms with Crippen LogP contribution in [0.25, 0.3) is 0 Å². The number of hydrogen-bond donors (Lipinski definition) is 2. The molecule has 1 aromatic rings. The van der Waals surface area contributed by atoms with Crippen molar-refractivity contribution < 1.29 is 5.11 Å². The van der Waals surface area contributed by atoms with Crippen molar-refractivity contribution in [2.24, 2.45) is 0 Å². The SMILES string of the molecule is Nc1cccc(Cl)c1N(CCO)C1CC1. The van der Waals surface area contributed by atoms with Crippen molar-refractivity contribution in [3.63, 3.8) is 0 Å². The largest absolute Gasteiger partial charge is 0.397 e. The van der Waals surface area contributed by atoms with Crippen molar-refractivity contribution in [2.75, 3.05) is 23.8 Å². The van der Waals surface area contributed by atoms with E-state index in [1.54, 1.807) is 0 Å². The highest BCUT2D eigenvalue weighted by atomic mass is 35.5. The zero-order chi connectivity index (χ0) is 10.8. The summed E-state index contributed by atoms with van der Waals surface area (Å²) in [6.07, 6.45) is 2.31. The van der Waals surface area contributed by atoms with Crippen molar-refractivity contribution >= 4 is 23.0 Å². The van der Waals surface area contributed by atoms with Gasteiger partial charge in [-0.25, -0.2) is 0 Å². The lowest BCUT2D eigenvalue weighted by Gasteiger charge is -2.26. The van der Waals surface area contributed by atoms with Gasteiger partial charge in [-0.2, -0.15) is 0 Å². The first kappa shape index (κ1) is 10.6. The zero-order valence-electron chi connectivity index (χ0n) is 8.49. The standard InChI is InChI=1S/C11H15ClN2O/c12-9-2-1-3-10(13)11(9)14(6-7-15)8-4-5-8/h1-3,8,15H,4-7,13H2. The highest BCUT2D eigenvalue weighted by molar-refractivity contribution is 6.34. The number of benzene rings is 1. The maximum Gasteiger partial charge on any atom is 0.0792 e. The predicted molar refractivity (Wildman–Crippen MR) is 63.3 cm³/mol. The molecule has 0 unspecified atom stereocenters. The van der Waals surface area contributed by atoms with Gasteiger partial charge in [0.2, 0.25) is 0 Å². The van der Waals surface area contributed by atoms with Gasteiger partial charge in [-0.1, -0.05) is 17.7 Å². The number of halogens is 1. The van der Waals surface area contributed by atoms with Crippen molar-refractivity contribution in [2.45, 2.75) is 18.9 Å². The summed E-state index contributed by atoms with van der Waals surface area (Å²) in [5, 5.41) is 9.69. The van der Waals surface area contributed by atoms with E-state index in [4.69, 9.17) is 22.4 Å². The molecular weight excluding hydrogens is 212 g/mol. The van der Waals surface area contributed by atoms with E-state index < -0.39 is 0 Å². The summed E-state index contributed by atoms with van der Waals surface area (Å²) in [7, 11) is 0. The van der Waals surface area contributed by atoms with E-state index in [0.29, 0.717) is 23.3 Å². The van der Waals surface area contributed by atoms with Crippen LogP contribution >= 0.6 is 11.6 Å². The second kappa shape index (κ2) is 4.29. The molecule has 0 heterocycles. The Kier molecular flexibility index (Phi) is 3.03. The first-order valence-electron chi connectivity index (χ1n) is 5.15. The van der Waals surface area contributed by atoms with Gasteiger partial charge in [0.25, 0.3) is 0 Å². The Morgan fingerprint density at radius 3 is 2.73 bits per heavy atom. The Labute approximate surface area is 94.4 Å². The first-order chi connectivity index (χ1) is 7.24. The molecule has 1 fully saturated rings. The number of anilines is 2. The van der Waals surface area contributed by atoms with Crippen LogP contribution in [0.15, 0.2) is 18.2 Å². The Bertz CT molecular complexity index is 332. The summed E-state index contributed by atoms with van der Waals surface area (Å²) in [4.78, 5) is 2.11. The molecule has 0 aliphatic heterocycles. The minimum absolute atomic E-state index is 0.126. The van der Waals surface area contributed by atoms with E-state index >= 15 is 0 Å². The maximum absolute atomic E-state index is 9.03. The highest BCUT2D eigenvalue weighted by Crippen LogP contribution is 2.38. The molecule has 1 aliphatic carbocycles. The van der Waals surface area contributed by atoms with Gasteiger partial charge in [-0.15, -0.1) is 0 Å². The second-order valence-corrected chi connectivity index (χ2v) is 4.23. The summed E-state index contributed by atoms with van der Waals surface area (Å²) in [5.41, 5.74) is 7.46. The molecule has 0 bridgehead atoms. The number of hydrogen-bond acceptors (Lipinski definition) is 3. The Balaban J connectivity index is 2.31.